The van der Waals surface area contributed by atoms with Gasteiger partial charge in [-0.3, -0.25) is 0 Å². The summed E-state index contributed by atoms with van der Waals surface area (Å²) in [4.78, 5) is 8.33. The summed E-state index contributed by atoms with van der Waals surface area (Å²) in [5, 5.41) is 7.59. The lowest BCUT2D eigenvalue weighted by Crippen LogP contribution is -2.06. The third-order valence-electron chi connectivity index (χ3n) is 1.83. The molecule has 0 aliphatic carbocycles. The summed E-state index contributed by atoms with van der Waals surface area (Å²) < 4.78 is 2.46. The van der Waals surface area contributed by atoms with E-state index in [9.17, 15) is 0 Å². The molecule has 2 aromatic heterocycles. The Balaban J connectivity index is 2.42. The Morgan fingerprint density at radius 3 is 2.94 bits per heavy atom. The molecule has 0 saturated heterocycles. The van der Waals surface area contributed by atoms with Gasteiger partial charge in [0.15, 0.2) is 5.82 Å². The molecule has 0 aliphatic heterocycles. The van der Waals surface area contributed by atoms with Crippen LogP contribution in [0, 0.1) is 0 Å². The van der Waals surface area contributed by atoms with E-state index < -0.39 is 0 Å². The second kappa shape index (κ2) is 4.80. The molecule has 0 atom stereocenters. The maximum absolute atomic E-state index is 6.01. The number of aromatic nitrogens is 4. The molecule has 2 aromatic rings. The molecule has 5 nitrogen and oxygen atoms in total. The van der Waals surface area contributed by atoms with Crippen LogP contribution in [0.2, 0.25) is 5.02 Å². The number of hydrogen-bond donors (Lipinski definition) is 1. The fraction of sp³-hybridized carbons (Fsp3) is 0.222. The van der Waals surface area contributed by atoms with Crippen LogP contribution in [0.15, 0.2) is 23.1 Å². The van der Waals surface area contributed by atoms with Crippen molar-refractivity contribution in [1.29, 1.82) is 0 Å². The van der Waals surface area contributed by atoms with Gasteiger partial charge in [0.05, 0.1) is 16.9 Å². The molecule has 0 fully saturated rings. The average Bonchev–Trinajstić information content (AvgIpc) is 2.68. The summed E-state index contributed by atoms with van der Waals surface area (Å²) in [5.41, 5.74) is 0. The summed E-state index contributed by atoms with van der Waals surface area (Å²) in [6, 6.07) is 0. The minimum atomic E-state index is 0.456. The molecule has 0 saturated carbocycles. The molecule has 0 bridgehead atoms. The van der Waals surface area contributed by atoms with E-state index in [1.54, 1.807) is 23.3 Å². The van der Waals surface area contributed by atoms with Gasteiger partial charge in [-0.25, -0.2) is 9.67 Å². The smallest absolute Gasteiger partial charge is 0.224 e. The van der Waals surface area contributed by atoms with Crippen LogP contribution in [0.1, 0.15) is 6.92 Å². The molecule has 1 N–H and O–H groups in total. The van der Waals surface area contributed by atoms with Crippen molar-refractivity contribution in [3.05, 3.63) is 28.1 Å². The third-order valence-corrected chi connectivity index (χ3v) is 2.50. The van der Waals surface area contributed by atoms with Crippen molar-refractivity contribution >= 4 is 33.5 Å². The SMILES string of the molecule is CCNc1ncc(Cl)c(-n2cc(Br)cn2)n1. The highest BCUT2D eigenvalue weighted by molar-refractivity contribution is 9.10. The van der Waals surface area contributed by atoms with Gasteiger partial charge < -0.3 is 5.32 Å². The van der Waals surface area contributed by atoms with E-state index >= 15 is 0 Å². The zero-order valence-corrected chi connectivity index (χ0v) is 10.8. The van der Waals surface area contributed by atoms with Crippen LogP contribution in [0.25, 0.3) is 5.82 Å². The predicted molar refractivity (Wildman–Crippen MR) is 66.0 cm³/mol. The molecule has 16 heavy (non-hydrogen) atoms. The van der Waals surface area contributed by atoms with Crippen molar-refractivity contribution in [1.82, 2.24) is 19.7 Å². The second-order valence-electron chi connectivity index (χ2n) is 3.00. The Morgan fingerprint density at radius 1 is 1.50 bits per heavy atom. The van der Waals surface area contributed by atoms with Crippen molar-refractivity contribution in [2.75, 3.05) is 11.9 Å². The fourth-order valence-corrected chi connectivity index (χ4v) is 1.64. The van der Waals surface area contributed by atoms with Crippen molar-refractivity contribution < 1.29 is 0 Å². The van der Waals surface area contributed by atoms with Gasteiger partial charge in [0.2, 0.25) is 5.95 Å². The molecule has 0 aromatic carbocycles. The van der Waals surface area contributed by atoms with Gasteiger partial charge >= 0.3 is 0 Å². The van der Waals surface area contributed by atoms with Crippen LogP contribution in [0.5, 0.6) is 0 Å². The average molecular weight is 303 g/mol. The molecule has 84 valence electrons. The summed E-state index contributed by atoms with van der Waals surface area (Å²) in [6.07, 6.45) is 5.01. The Morgan fingerprint density at radius 2 is 2.31 bits per heavy atom. The van der Waals surface area contributed by atoms with E-state index in [4.69, 9.17) is 11.6 Å². The van der Waals surface area contributed by atoms with E-state index in [1.807, 2.05) is 6.92 Å². The normalized spacial score (nSPS) is 10.4. The molecule has 0 radical (unpaired) electrons. The van der Waals surface area contributed by atoms with Crippen LogP contribution in [0.4, 0.5) is 5.95 Å². The monoisotopic (exact) mass is 301 g/mol. The van der Waals surface area contributed by atoms with E-state index in [0.29, 0.717) is 16.8 Å². The lowest BCUT2D eigenvalue weighted by Gasteiger charge is -2.05. The van der Waals surface area contributed by atoms with Crippen LogP contribution in [0.3, 0.4) is 0 Å². The Hall–Kier alpha value is -1.14. The van der Waals surface area contributed by atoms with Crippen LogP contribution in [-0.2, 0) is 0 Å². The van der Waals surface area contributed by atoms with Crippen molar-refractivity contribution in [2.45, 2.75) is 6.92 Å². The molecule has 2 rings (SSSR count). The number of hydrogen-bond acceptors (Lipinski definition) is 4. The first-order valence-electron chi connectivity index (χ1n) is 4.67. The Bertz CT molecular complexity index is 498. The topological polar surface area (TPSA) is 55.6 Å². The molecular weight excluding hydrogens is 293 g/mol. The number of rotatable bonds is 3. The first-order chi connectivity index (χ1) is 7.70. The lowest BCUT2D eigenvalue weighted by molar-refractivity contribution is 0.839. The fourth-order valence-electron chi connectivity index (χ4n) is 1.18. The van der Waals surface area contributed by atoms with Crippen molar-refractivity contribution in [2.24, 2.45) is 0 Å². The molecule has 0 aliphatic rings. The first kappa shape index (κ1) is 11.3. The van der Waals surface area contributed by atoms with Gasteiger partial charge in [-0.15, -0.1) is 0 Å². The maximum Gasteiger partial charge on any atom is 0.224 e. The first-order valence-corrected chi connectivity index (χ1v) is 5.84. The van der Waals surface area contributed by atoms with Gasteiger partial charge in [0, 0.05) is 12.7 Å². The molecular formula is C9H9BrClN5. The summed E-state index contributed by atoms with van der Waals surface area (Å²) >= 11 is 9.33. The minimum Gasteiger partial charge on any atom is -0.354 e. The van der Waals surface area contributed by atoms with Crippen molar-refractivity contribution in [3.8, 4) is 5.82 Å². The van der Waals surface area contributed by atoms with Crippen LogP contribution >= 0.6 is 27.5 Å². The van der Waals surface area contributed by atoms with Gasteiger partial charge in [-0.2, -0.15) is 10.1 Å². The summed E-state index contributed by atoms with van der Waals surface area (Å²) in [7, 11) is 0. The quantitative estimate of drug-likeness (QED) is 0.946. The third kappa shape index (κ3) is 2.33. The predicted octanol–water partition coefficient (Wildman–Crippen LogP) is 2.51. The van der Waals surface area contributed by atoms with E-state index in [1.165, 1.54) is 0 Å². The van der Waals surface area contributed by atoms with Crippen LogP contribution < -0.4 is 5.32 Å². The number of nitrogens with zero attached hydrogens (tertiary/aromatic N) is 4. The van der Waals surface area contributed by atoms with Crippen molar-refractivity contribution in [3.63, 3.8) is 0 Å². The van der Waals surface area contributed by atoms with Crippen LogP contribution in [-0.4, -0.2) is 26.3 Å². The number of anilines is 1. The van der Waals surface area contributed by atoms with Gasteiger partial charge in [-0.05, 0) is 22.9 Å². The lowest BCUT2D eigenvalue weighted by atomic mass is 10.5. The zero-order chi connectivity index (χ0) is 11.5. The van der Waals surface area contributed by atoms with E-state index in [2.05, 4.69) is 36.3 Å². The molecule has 2 heterocycles. The molecule has 0 unspecified atom stereocenters. The minimum absolute atomic E-state index is 0.456. The zero-order valence-electron chi connectivity index (χ0n) is 8.48. The summed E-state index contributed by atoms with van der Waals surface area (Å²) in [6.45, 7) is 2.73. The van der Waals surface area contributed by atoms with E-state index in [0.717, 1.165) is 11.0 Å². The van der Waals surface area contributed by atoms with Gasteiger partial charge in [0.25, 0.3) is 0 Å². The molecule has 0 amide bonds. The highest BCUT2D eigenvalue weighted by Crippen LogP contribution is 2.19. The van der Waals surface area contributed by atoms with E-state index in [-0.39, 0.29) is 0 Å². The number of halogens is 2. The van der Waals surface area contributed by atoms with Gasteiger partial charge in [0.1, 0.15) is 5.02 Å². The Kier molecular flexibility index (Phi) is 3.40. The van der Waals surface area contributed by atoms with Gasteiger partial charge in [-0.1, -0.05) is 11.6 Å². The maximum atomic E-state index is 6.01. The second-order valence-corrected chi connectivity index (χ2v) is 4.32. The highest BCUT2D eigenvalue weighted by Gasteiger charge is 2.08. The Labute approximate surface area is 106 Å². The highest BCUT2D eigenvalue weighted by atomic mass is 79.9. The summed E-state index contributed by atoms with van der Waals surface area (Å²) in [5.74, 6) is 1.09. The standard InChI is InChI=1S/C9H9BrClN5/c1-2-12-9-13-4-7(11)8(15-9)16-5-6(10)3-14-16/h3-5H,2H2,1H3,(H,12,13,15). The molecule has 7 heteroatoms. The molecule has 0 spiro atoms. The number of nitrogens with one attached hydrogen (secondary N) is 1. The largest absolute Gasteiger partial charge is 0.354 e.